The third kappa shape index (κ3) is 2.35. The van der Waals surface area contributed by atoms with E-state index in [0.717, 1.165) is 11.8 Å². The standard InChI is InChI=1S/C8H7FOS/c1-6(10)11-8-5-3-2-4-7(8)9/h2-5H,1H3. The molecule has 1 rings (SSSR count). The van der Waals surface area contributed by atoms with Crippen LogP contribution >= 0.6 is 11.8 Å². The van der Waals surface area contributed by atoms with Crippen molar-refractivity contribution in [1.82, 2.24) is 0 Å². The lowest BCUT2D eigenvalue weighted by Gasteiger charge is -1.96. The Morgan fingerprint density at radius 1 is 1.45 bits per heavy atom. The molecule has 3 heteroatoms. The first kappa shape index (κ1) is 8.27. The molecule has 11 heavy (non-hydrogen) atoms. The summed E-state index contributed by atoms with van der Waals surface area (Å²) < 4.78 is 12.8. The topological polar surface area (TPSA) is 17.1 Å². The summed E-state index contributed by atoms with van der Waals surface area (Å²) in [7, 11) is 0. The normalized spacial score (nSPS) is 9.64. The first-order chi connectivity index (χ1) is 5.20. The molecule has 0 amide bonds. The van der Waals surface area contributed by atoms with Gasteiger partial charge in [0.15, 0.2) is 5.12 Å². The molecule has 0 radical (unpaired) electrons. The first-order valence-electron chi connectivity index (χ1n) is 3.13. The van der Waals surface area contributed by atoms with E-state index in [2.05, 4.69) is 0 Å². The van der Waals surface area contributed by atoms with Gasteiger partial charge in [0.25, 0.3) is 0 Å². The summed E-state index contributed by atoms with van der Waals surface area (Å²) in [5, 5.41) is -0.102. The van der Waals surface area contributed by atoms with Gasteiger partial charge in [0.05, 0.1) is 4.90 Å². The Morgan fingerprint density at radius 3 is 2.64 bits per heavy atom. The fourth-order valence-corrected chi connectivity index (χ4v) is 1.30. The Hall–Kier alpha value is -0.830. The number of halogens is 1. The highest BCUT2D eigenvalue weighted by atomic mass is 32.2. The molecule has 1 aromatic carbocycles. The van der Waals surface area contributed by atoms with Gasteiger partial charge < -0.3 is 0 Å². The van der Waals surface area contributed by atoms with Crippen LogP contribution in [0.5, 0.6) is 0 Å². The third-order valence-electron chi connectivity index (χ3n) is 1.09. The van der Waals surface area contributed by atoms with Crippen molar-refractivity contribution in [3.63, 3.8) is 0 Å². The minimum Gasteiger partial charge on any atom is -0.287 e. The van der Waals surface area contributed by atoms with Gasteiger partial charge in [-0.05, 0) is 23.9 Å². The van der Waals surface area contributed by atoms with E-state index in [4.69, 9.17) is 0 Å². The predicted octanol–water partition coefficient (Wildman–Crippen LogP) is 2.46. The van der Waals surface area contributed by atoms with Crippen LogP contribution in [0.25, 0.3) is 0 Å². The fourth-order valence-electron chi connectivity index (χ4n) is 0.682. The average molecular weight is 170 g/mol. The Kier molecular flexibility index (Phi) is 2.65. The molecule has 0 aromatic heterocycles. The molecule has 0 bridgehead atoms. The maximum absolute atomic E-state index is 12.8. The quantitative estimate of drug-likeness (QED) is 0.602. The van der Waals surface area contributed by atoms with Crippen molar-refractivity contribution in [2.45, 2.75) is 11.8 Å². The number of carbonyl (C=O) groups is 1. The van der Waals surface area contributed by atoms with Crippen molar-refractivity contribution in [2.75, 3.05) is 0 Å². The first-order valence-corrected chi connectivity index (χ1v) is 3.95. The Bertz CT molecular complexity index is 273. The van der Waals surface area contributed by atoms with Gasteiger partial charge in [0.1, 0.15) is 5.82 Å². The monoisotopic (exact) mass is 170 g/mol. The van der Waals surface area contributed by atoms with Crippen LogP contribution in [0.15, 0.2) is 29.2 Å². The van der Waals surface area contributed by atoms with E-state index in [1.165, 1.54) is 13.0 Å². The van der Waals surface area contributed by atoms with E-state index in [9.17, 15) is 9.18 Å². The highest BCUT2D eigenvalue weighted by Gasteiger charge is 2.02. The lowest BCUT2D eigenvalue weighted by atomic mass is 10.3. The molecule has 0 fully saturated rings. The summed E-state index contributed by atoms with van der Waals surface area (Å²) in [6.45, 7) is 1.41. The van der Waals surface area contributed by atoms with Gasteiger partial charge in [0.2, 0.25) is 0 Å². The number of rotatable bonds is 1. The second kappa shape index (κ2) is 3.53. The largest absolute Gasteiger partial charge is 0.287 e. The molecular formula is C8H7FOS. The fraction of sp³-hybridized carbons (Fsp3) is 0.125. The zero-order valence-electron chi connectivity index (χ0n) is 6.00. The zero-order valence-corrected chi connectivity index (χ0v) is 6.82. The van der Waals surface area contributed by atoms with Gasteiger partial charge in [-0.1, -0.05) is 12.1 Å². The molecule has 0 unspecified atom stereocenters. The molecular weight excluding hydrogens is 163 g/mol. The molecule has 0 aliphatic rings. The van der Waals surface area contributed by atoms with Crippen molar-refractivity contribution in [3.8, 4) is 0 Å². The molecule has 1 nitrogen and oxygen atoms in total. The van der Waals surface area contributed by atoms with Crippen molar-refractivity contribution in [1.29, 1.82) is 0 Å². The molecule has 0 saturated heterocycles. The summed E-state index contributed by atoms with van der Waals surface area (Å²) in [5.41, 5.74) is 0. The molecule has 0 spiro atoms. The number of hydrogen-bond acceptors (Lipinski definition) is 2. The van der Waals surface area contributed by atoms with Crippen LogP contribution in [0.3, 0.4) is 0 Å². The van der Waals surface area contributed by atoms with Crippen molar-refractivity contribution < 1.29 is 9.18 Å². The highest BCUT2D eigenvalue weighted by Crippen LogP contribution is 2.21. The van der Waals surface area contributed by atoms with E-state index < -0.39 is 0 Å². The summed E-state index contributed by atoms with van der Waals surface area (Å²) in [4.78, 5) is 11.0. The lowest BCUT2D eigenvalue weighted by molar-refractivity contribution is -0.109. The number of carbonyl (C=O) groups excluding carboxylic acids is 1. The van der Waals surface area contributed by atoms with Gasteiger partial charge in [0, 0.05) is 6.92 Å². The van der Waals surface area contributed by atoms with Crippen LogP contribution in [0, 0.1) is 5.82 Å². The zero-order chi connectivity index (χ0) is 8.27. The van der Waals surface area contributed by atoms with E-state index in [1.54, 1.807) is 18.2 Å². The van der Waals surface area contributed by atoms with Gasteiger partial charge in [-0.3, -0.25) is 4.79 Å². The maximum Gasteiger partial charge on any atom is 0.190 e. The van der Waals surface area contributed by atoms with Crippen molar-refractivity contribution in [3.05, 3.63) is 30.1 Å². The summed E-state index contributed by atoms with van der Waals surface area (Å²) in [5.74, 6) is -0.340. The molecule has 0 saturated carbocycles. The predicted molar refractivity (Wildman–Crippen MR) is 42.9 cm³/mol. The molecule has 0 heterocycles. The van der Waals surface area contributed by atoms with Crippen LogP contribution < -0.4 is 0 Å². The SMILES string of the molecule is CC(=O)Sc1ccccc1F. The smallest absolute Gasteiger partial charge is 0.190 e. The average Bonchev–Trinajstić information content (AvgIpc) is 1.93. The minimum absolute atomic E-state index is 0.102. The minimum atomic E-state index is -0.340. The molecule has 0 aliphatic heterocycles. The van der Waals surface area contributed by atoms with Crippen molar-refractivity contribution >= 4 is 16.9 Å². The summed E-state index contributed by atoms with van der Waals surface area (Å²) in [6, 6.07) is 6.22. The van der Waals surface area contributed by atoms with Crippen LogP contribution in [-0.2, 0) is 4.79 Å². The molecule has 0 N–H and O–H groups in total. The molecule has 0 aliphatic carbocycles. The van der Waals surface area contributed by atoms with Gasteiger partial charge in [-0.2, -0.15) is 0 Å². The van der Waals surface area contributed by atoms with E-state index in [1.807, 2.05) is 0 Å². The van der Waals surface area contributed by atoms with Crippen LogP contribution in [0.2, 0.25) is 0 Å². The third-order valence-corrected chi connectivity index (χ3v) is 1.93. The number of thioether (sulfide) groups is 1. The Labute approximate surface area is 68.6 Å². The number of benzene rings is 1. The lowest BCUT2D eigenvalue weighted by Crippen LogP contribution is -1.84. The van der Waals surface area contributed by atoms with E-state index in [-0.39, 0.29) is 10.9 Å². The maximum atomic E-state index is 12.8. The van der Waals surface area contributed by atoms with Crippen LogP contribution in [-0.4, -0.2) is 5.12 Å². The van der Waals surface area contributed by atoms with Gasteiger partial charge >= 0.3 is 0 Å². The molecule has 58 valence electrons. The molecule has 0 atom stereocenters. The van der Waals surface area contributed by atoms with E-state index >= 15 is 0 Å². The second-order valence-electron chi connectivity index (χ2n) is 2.02. The van der Waals surface area contributed by atoms with Gasteiger partial charge in [-0.25, -0.2) is 4.39 Å². The highest BCUT2D eigenvalue weighted by molar-refractivity contribution is 8.13. The number of hydrogen-bond donors (Lipinski definition) is 0. The Balaban J connectivity index is 2.86. The van der Waals surface area contributed by atoms with Crippen molar-refractivity contribution in [2.24, 2.45) is 0 Å². The second-order valence-corrected chi connectivity index (χ2v) is 3.24. The summed E-state index contributed by atoms with van der Waals surface area (Å²) in [6.07, 6.45) is 0. The van der Waals surface area contributed by atoms with Gasteiger partial charge in [-0.15, -0.1) is 0 Å². The van der Waals surface area contributed by atoms with E-state index in [0.29, 0.717) is 4.90 Å². The Morgan fingerprint density at radius 2 is 2.09 bits per heavy atom. The molecule has 1 aromatic rings. The summed E-state index contributed by atoms with van der Waals surface area (Å²) >= 11 is 0.911. The van der Waals surface area contributed by atoms with Crippen LogP contribution in [0.4, 0.5) is 4.39 Å². The van der Waals surface area contributed by atoms with Crippen LogP contribution in [0.1, 0.15) is 6.92 Å².